The molecule has 142 valence electrons. The van der Waals surface area contributed by atoms with Crippen LogP contribution in [0.3, 0.4) is 0 Å². The van der Waals surface area contributed by atoms with E-state index in [4.69, 9.17) is 5.73 Å². The van der Waals surface area contributed by atoms with Crippen molar-refractivity contribution < 1.29 is 9.59 Å². The molecule has 3 N–H and O–H groups in total. The summed E-state index contributed by atoms with van der Waals surface area (Å²) < 4.78 is 0. The van der Waals surface area contributed by atoms with Crippen molar-refractivity contribution in [3.05, 3.63) is 36.0 Å². The maximum absolute atomic E-state index is 11.4. The van der Waals surface area contributed by atoms with Crippen LogP contribution in [0.1, 0.15) is 17.3 Å². The molecule has 0 radical (unpaired) electrons. The molecule has 1 aromatic carbocycles. The average Bonchev–Trinajstić information content (AvgIpc) is 2.68. The molecule has 8 nitrogen and oxygen atoms in total. The molecule has 2 amide bonds. The summed E-state index contributed by atoms with van der Waals surface area (Å²) in [6.45, 7) is 4.73. The Morgan fingerprint density at radius 3 is 2.37 bits per heavy atom. The fraction of sp³-hybridized carbons (Fsp3) is 0.333. The zero-order valence-corrected chi connectivity index (χ0v) is 16.1. The minimum Gasteiger partial charge on any atom is -0.368 e. The van der Waals surface area contributed by atoms with Crippen molar-refractivity contribution in [3.8, 4) is 0 Å². The van der Waals surface area contributed by atoms with Gasteiger partial charge in [0.15, 0.2) is 0 Å². The number of primary amides is 1. The molecular weight excluding hydrogens is 364 g/mol. The van der Waals surface area contributed by atoms with Crippen molar-refractivity contribution in [2.45, 2.75) is 11.9 Å². The number of carbonyl (C=O) groups is 2. The van der Waals surface area contributed by atoms with Crippen molar-refractivity contribution in [1.29, 1.82) is 0 Å². The standard InChI is InChI=1S/C18H22N6O2S/c1-12(25)23-7-9-24(10-8-23)14-5-3-13(4-6-14)21-18-20-11-15(16(19)26)17(22-18)27-2/h3-6,11H,7-10H2,1-2H3,(H2,19,26)(H,20,21,22). The second kappa shape index (κ2) is 8.26. The van der Waals surface area contributed by atoms with Crippen LogP contribution in [-0.4, -0.2) is 59.1 Å². The highest BCUT2D eigenvalue weighted by molar-refractivity contribution is 7.98. The minimum absolute atomic E-state index is 0.126. The van der Waals surface area contributed by atoms with Gasteiger partial charge in [-0.2, -0.15) is 0 Å². The maximum Gasteiger partial charge on any atom is 0.253 e. The summed E-state index contributed by atoms with van der Waals surface area (Å²) in [5, 5.41) is 3.68. The van der Waals surface area contributed by atoms with Crippen LogP contribution in [0.2, 0.25) is 0 Å². The Morgan fingerprint density at radius 1 is 1.15 bits per heavy atom. The number of anilines is 3. The molecule has 9 heteroatoms. The summed E-state index contributed by atoms with van der Waals surface area (Å²) in [6.07, 6.45) is 3.27. The Bertz CT molecular complexity index is 834. The average molecular weight is 386 g/mol. The molecule has 0 saturated carbocycles. The topological polar surface area (TPSA) is 104 Å². The van der Waals surface area contributed by atoms with Crippen molar-refractivity contribution in [3.63, 3.8) is 0 Å². The first-order valence-electron chi connectivity index (χ1n) is 8.56. The van der Waals surface area contributed by atoms with E-state index in [1.807, 2.05) is 35.4 Å². The van der Waals surface area contributed by atoms with Crippen LogP contribution in [0.4, 0.5) is 17.3 Å². The van der Waals surface area contributed by atoms with Crippen LogP contribution < -0.4 is 16.0 Å². The van der Waals surface area contributed by atoms with Crippen molar-refractivity contribution in [1.82, 2.24) is 14.9 Å². The molecule has 0 unspecified atom stereocenters. The molecule has 0 aliphatic carbocycles. The molecule has 2 heterocycles. The highest BCUT2D eigenvalue weighted by atomic mass is 32.2. The summed E-state index contributed by atoms with van der Waals surface area (Å²) in [4.78, 5) is 35.4. The molecule has 1 aromatic heterocycles. The van der Waals surface area contributed by atoms with Gasteiger partial charge in [0.2, 0.25) is 11.9 Å². The predicted molar refractivity (Wildman–Crippen MR) is 107 cm³/mol. The quantitative estimate of drug-likeness (QED) is 0.595. The normalized spacial score (nSPS) is 14.1. The first-order valence-corrected chi connectivity index (χ1v) is 9.79. The Labute approximate surface area is 162 Å². The molecule has 27 heavy (non-hydrogen) atoms. The Hall–Kier alpha value is -2.81. The molecule has 0 atom stereocenters. The fourth-order valence-corrected chi connectivity index (χ4v) is 3.47. The van der Waals surface area contributed by atoms with Gasteiger partial charge in [-0.3, -0.25) is 9.59 Å². The van der Waals surface area contributed by atoms with E-state index >= 15 is 0 Å². The summed E-state index contributed by atoms with van der Waals surface area (Å²) in [7, 11) is 0. The number of hydrogen-bond acceptors (Lipinski definition) is 7. The second-order valence-electron chi connectivity index (χ2n) is 6.15. The van der Waals surface area contributed by atoms with E-state index in [2.05, 4.69) is 20.2 Å². The van der Waals surface area contributed by atoms with Gasteiger partial charge in [-0.25, -0.2) is 9.97 Å². The zero-order valence-electron chi connectivity index (χ0n) is 15.3. The minimum atomic E-state index is -0.542. The maximum atomic E-state index is 11.4. The van der Waals surface area contributed by atoms with Gasteiger partial charge in [0, 0.05) is 50.7 Å². The SMILES string of the molecule is CSc1nc(Nc2ccc(N3CCN(C(C)=O)CC3)cc2)ncc1C(N)=O. The summed E-state index contributed by atoms with van der Waals surface area (Å²) in [5.41, 5.74) is 7.60. The lowest BCUT2D eigenvalue weighted by molar-refractivity contribution is -0.129. The van der Waals surface area contributed by atoms with E-state index < -0.39 is 5.91 Å². The third-order valence-electron chi connectivity index (χ3n) is 4.43. The molecule has 2 aromatic rings. The van der Waals surface area contributed by atoms with Gasteiger partial charge in [-0.15, -0.1) is 11.8 Å². The van der Waals surface area contributed by atoms with Gasteiger partial charge < -0.3 is 20.9 Å². The number of thioether (sulfide) groups is 1. The smallest absolute Gasteiger partial charge is 0.253 e. The Morgan fingerprint density at radius 2 is 1.81 bits per heavy atom. The van der Waals surface area contributed by atoms with Crippen LogP contribution in [0.5, 0.6) is 0 Å². The molecule has 0 spiro atoms. The summed E-state index contributed by atoms with van der Waals surface area (Å²) >= 11 is 1.35. The van der Waals surface area contributed by atoms with Crippen molar-refractivity contribution >= 4 is 40.9 Å². The lowest BCUT2D eigenvalue weighted by Crippen LogP contribution is -2.48. The number of piperazine rings is 1. The summed E-state index contributed by atoms with van der Waals surface area (Å²) in [6, 6.07) is 7.96. The van der Waals surface area contributed by atoms with Crippen LogP contribution in [0, 0.1) is 0 Å². The third-order valence-corrected chi connectivity index (χ3v) is 5.12. The first kappa shape index (κ1) is 19.0. The molecule has 1 saturated heterocycles. The van der Waals surface area contributed by atoms with Gasteiger partial charge in [0.1, 0.15) is 5.03 Å². The van der Waals surface area contributed by atoms with Crippen molar-refractivity contribution in [2.75, 3.05) is 42.7 Å². The number of nitrogens with zero attached hydrogens (tertiary/aromatic N) is 4. The lowest BCUT2D eigenvalue weighted by atomic mass is 10.2. The van der Waals surface area contributed by atoms with E-state index in [9.17, 15) is 9.59 Å². The Balaban J connectivity index is 1.66. The molecule has 3 rings (SSSR count). The van der Waals surface area contributed by atoms with E-state index in [-0.39, 0.29) is 5.91 Å². The van der Waals surface area contributed by atoms with Gasteiger partial charge >= 0.3 is 0 Å². The number of aromatic nitrogens is 2. The number of rotatable bonds is 5. The highest BCUT2D eigenvalue weighted by Crippen LogP contribution is 2.23. The monoisotopic (exact) mass is 386 g/mol. The van der Waals surface area contributed by atoms with Crippen molar-refractivity contribution in [2.24, 2.45) is 5.73 Å². The third kappa shape index (κ3) is 4.48. The van der Waals surface area contributed by atoms with Gasteiger partial charge in [-0.1, -0.05) is 0 Å². The number of carbonyl (C=O) groups excluding carboxylic acids is 2. The van der Waals surface area contributed by atoms with Crippen LogP contribution in [-0.2, 0) is 4.79 Å². The van der Waals surface area contributed by atoms with E-state index in [0.29, 0.717) is 16.5 Å². The fourth-order valence-electron chi connectivity index (χ4n) is 2.92. The number of benzene rings is 1. The second-order valence-corrected chi connectivity index (χ2v) is 6.94. The molecule has 1 fully saturated rings. The molecule has 1 aliphatic rings. The van der Waals surface area contributed by atoms with E-state index in [1.165, 1.54) is 18.0 Å². The van der Waals surface area contributed by atoms with Gasteiger partial charge in [-0.05, 0) is 30.5 Å². The number of nitrogens with one attached hydrogen (secondary N) is 1. The molecule has 0 bridgehead atoms. The highest BCUT2D eigenvalue weighted by Gasteiger charge is 2.18. The van der Waals surface area contributed by atoms with Crippen LogP contribution >= 0.6 is 11.8 Å². The number of amides is 2. The predicted octanol–water partition coefficient (Wildman–Crippen LogP) is 1.71. The molecule has 1 aliphatic heterocycles. The molecular formula is C18H22N6O2S. The number of nitrogens with two attached hydrogens (primary N) is 1. The first-order chi connectivity index (χ1) is 13.0. The Kier molecular flexibility index (Phi) is 5.80. The largest absolute Gasteiger partial charge is 0.368 e. The zero-order chi connectivity index (χ0) is 19.4. The van der Waals surface area contributed by atoms with E-state index in [0.717, 1.165) is 37.6 Å². The van der Waals surface area contributed by atoms with Crippen LogP contribution in [0.25, 0.3) is 0 Å². The van der Waals surface area contributed by atoms with Crippen LogP contribution in [0.15, 0.2) is 35.5 Å². The van der Waals surface area contributed by atoms with E-state index in [1.54, 1.807) is 6.92 Å². The lowest BCUT2D eigenvalue weighted by Gasteiger charge is -2.35. The van der Waals surface area contributed by atoms with Gasteiger partial charge in [0.25, 0.3) is 5.91 Å². The number of hydrogen-bond donors (Lipinski definition) is 2. The summed E-state index contributed by atoms with van der Waals surface area (Å²) in [5.74, 6) is -0.00606. The van der Waals surface area contributed by atoms with Gasteiger partial charge in [0.05, 0.1) is 5.56 Å².